The highest BCUT2D eigenvalue weighted by Gasteiger charge is 1.97. The summed E-state index contributed by atoms with van der Waals surface area (Å²) in [6.45, 7) is 2.91. The maximum atomic E-state index is 5.72. The highest BCUT2D eigenvalue weighted by Crippen LogP contribution is 2.13. The first-order valence-electron chi connectivity index (χ1n) is 5.15. The van der Waals surface area contributed by atoms with Crippen molar-refractivity contribution in [2.45, 2.75) is 13.5 Å². The zero-order valence-electron chi connectivity index (χ0n) is 9.07. The quantitative estimate of drug-likeness (QED) is 0.817. The van der Waals surface area contributed by atoms with Crippen LogP contribution in [0.3, 0.4) is 0 Å². The van der Waals surface area contributed by atoms with E-state index in [0.717, 1.165) is 12.2 Å². The highest BCUT2D eigenvalue weighted by molar-refractivity contribution is 6.29. The van der Waals surface area contributed by atoms with Crippen molar-refractivity contribution in [2.75, 3.05) is 5.32 Å². The first kappa shape index (κ1) is 11.0. The maximum Gasteiger partial charge on any atom is 0.129 e. The molecule has 2 rings (SSSR count). The fraction of sp³-hybridized carbons (Fsp3) is 0.154. The molecule has 2 nitrogen and oxygen atoms in total. The summed E-state index contributed by atoms with van der Waals surface area (Å²) in [7, 11) is 0. The molecule has 0 saturated carbocycles. The Labute approximate surface area is 100 Å². The molecule has 16 heavy (non-hydrogen) atoms. The Hall–Kier alpha value is -1.54. The summed E-state index contributed by atoms with van der Waals surface area (Å²) >= 11 is 5.72. The van der Waals surface area contributed by atoms with E-state index in [-0.39, 0.29) is 0 Å². The van der Waals surface area contributed by atoms with E-state index in [4.69, 9.17) is 11.6 Å². The van der Waals surface area contributed by atoms with Gasteiger partial charge in [0.25, 0.3) is 0 Å². The van der Waals surface area contributed by atoms with Gasteiger partial charge >= 0.3 is 0 Å². The molecule has 0 saturated heterocycles. The molecule has 1 aromatic heterocycles. The van der Waals surface area contributed by atoms with Crippen molar-refractivity contribution in [1.29, 1.82) is 0 Å². The number of aryl methyl sites for hydroxylation is 1. The van der Waals surface area contributed by atoms with Crippen LogP contribution in [0.4, 0.5) is 5.69 Å². The Morgan fingerprint density at radius 1 is 1.19 bits per heavy atom. The summed E-state index contributed by atoms with van der Waals surface area (Å²) in [6.07, 6.45) is 1.74. The SMILES string of the molecule is Cc1ccccc1CNc1ccc(Cl)nc1. The maximum absolute atomic E-state index is 5.72. The van der Waals surface area contributed by atoms with Crippen LogP contribution in [0.5, 0.6) is 0 Å². The van der Waals surface area contributed by atoms with Crippen molar-refractivity contribution in [1.82, 2.24) is 4.98 Å². The number of nitrogens with one attached hydrogen (secondary N) is 1. The number of pyridine rings is 1. The van der Waals surface area contributed by atoms with Gasteiger partial charge in [-0.15, -0.1) is 0 Å². The third kappa shape index (κ3) is 2.74. The molecule has 0 fully saturated rings. The summed E-state index contributed by atoms with van der Waals surface area (Å²) in [4.78, 5) is 4.02. The van der Waals surface area contributed by atoms with Gasteiger partial charge < -0.3 is 5.32 Å². The van der Waals surface area contributed by atoms with Crippen LogP contribution in [-0.4, -0.2) is 4.98 Å². The van der Waals surface area contributed by atoms with Crippen molar-refractivity contribution in [2.24, 2.45) is 0 Å². The predicted molar refractivity (Wildman–Crippen MR) is 67.8 cm³/mol. The molecule has 1 N–H and O–H groups in total. The minimum absolute atomic E-state index is 0.515. The lowest BCUT2D eigenvalue weighted by atomic mass is 10.1. The van der Waals surface area contributed by atoms with Crippen molar-refractivity contribution >= 4 is 17.3 Å². The summed E-state index contributed by atoms with van der Waals surface area (Å²) < 4.78 is 0. The Morgan fingerprint density at radius 3 is 2.69 bits per heavy atom. The molecule has 0 aliphatic rings. The van der Waals surface area contributed by atoms with Crippen LogP contribution in [0, 0.1) is 6.92 Å². The van der Waals surface area contributed by atoms with Crippen LogP contribution in [0.1, 0.15) is 11.1 Å². The Morgan fingerprint density at radius 2 is 2.00 bits per heavy atom. The lowest BCUT2D eigenvalue weighted by Gasteiger charge is -2.08. The summed E-state index contributed by atoms with van der Waals surface area (Å²) in [5.74, 6) is 0. The number of hydrogen-bond donors (Lipinski definition) is 1. The van der Waals surface area contributed by atoms with Crippen molar-refractivity contribution in [3.63, 3.8) is 0 Å². The van der Waals surface area contributed by atoms with E-state index in [0.29, 0.717) is 5.15 Å². The average molecular weight is 233 g/mol. The van der Waals surface area contributed by atoms with Crippen LogP contribution < -0.4 is 5.32 Å². The topological polar surface area (TPSA) is 24.9 Å². The first-order chi connectivity index (χ1) is 7.75. The molecule has 0 spiro atoms. The van der Waals surface area contributed by atoms with Gasteiger partial charge in [0.2, 0.25) is 0 Å². The second kappa shape index (κ2) is 4.99. The molecule has 0 amide bonds. The fourth-order valence-corrected chi connectivity index (χ4v) is 1.60. The van der Waals surface area contributed by atoms with E-state index in [1.54, 1.807) is 12.3 Å². The molecule has 0 bridgehead atoms. The summed E-state index contributed by atoms with van der Waals surface area (Å²) in [6, 6.07) is 12.0. The molecule has 0 radical (unpaired) electrons. The van der Waals surface area contributed by atoms with Crippen LogP contribution in [0.25, 0.3) is 0 Å². The van der Waals surface area contributed by atoms with Crippen LogP contribution in [-0.2, 0) is 6.54 Å². The van der Waals surface area contributed by atoms with Gasteiger partial charge in [-0.3, -0.25) is 0 Å². The number of anilines is 1. The van der Waals surface area contributed by atoms with Crippen LogP contribution in [0.15, 0.2) is 42.6 Å². The van der Waals surface area contributed by atoms with Gasteiger partial charge in [-0.2, -0.15) is 0 Å². The first-order valence-corrected chi connectivity index (χ1v) is 5.53. The van der Waals surface area contributed by atoms with Crippen molar-refractivity contribution in [3.8, 4) is 0 Å². The van der Waals surface area contributed by atoms with Gasteiger partial charge in [0.05, 0.1) is 11.9 Å². The summed E-state index contributed by atoms with van der Waals surface area (Å²) in [5.41, 5.74) is 3.56. The molecule has 0 unspecified atom stereocenters. The van der Waals surface area contributed by atoms with E-state index < -0.39 is 0 Å². The third-order valence-corrected chi connectivity index (χ3v) is 2.70. The van der Waals surface area contributed by atoms with Gasteiger partial charge in [0, 0.05) is 6.54 Å². The minimum atomic E-state index is 0.515. The predicted octanol–water partition coefficient (Wildman–Crippen LogP) is 3.66. The molecule has 0 atom stereocenters. The average Bonchev–Trinajstić information content (AvgIpc) is 2.30. The Kier molecular flexibility index (Phi) is 3.42. The number of halogens is 1. The molecule has 82 valence electrons. The monoisotopic (exact) mass is 232 g/mol. The zero-order chi connectivity index (χ0) is 11.4. The second-order valence-corrected chi connectivity index (χ2v) is 4.04. The standard InChI is InChI=1S/C13H13ClN2/c1-10-4-2-3-5-11(10)8-15-12-6-7-13(14)16-9-12/h2-7,9,15H,8H2,1H3. The minimum Gasteiger partial charge on any atom is -0.380 e. The molecular weight excluding hydrogens is 220 g/mol. The van der Waals surface area contributed by atoms with E-state index in [1.807, 2.05) is 18.2 Å². The summed E-state index contributed by atoms with van der Waals surface area (Å²) in [5, 5.41) is 3.82. The number of aromatic nitrogens is 1. The lowest BCUT2D eigenvalue weighted by Crippen LogP contribution is -2.01. The lowest BCUT2D eigenvalue weighted by molar-refractivity contribution is 1.11. The molecule has 3 heteroatoms. The van der Waals surface area contributed by atoms with Crippen molar-refractivity contribution in [3.05, 3.63) is 58.9 Å². The number of hydrogen-bond acceptors (Lipinski definition) is 2. The molecule has 0 aliphatic carbocycles. The van der Waals surface area contributed by atoms with Gasteiger partial charge in [0.1, 0.15) is 5.15 Å². The second-order valence-electron chi connectivity index (χ2n) is 3.65. The number of benzene rings is 1. The zero-order valence-corrected chi connectivity index (χ0v) is 9.83. The molecule has 1 heterocycles. The van der Waals surface area contributed by atoms with Crippen LogP contribution in [0.2, 0.25) is 5.15 Å². The van der Waals surface area contributed by atoms with Crippen LogP contribution >= 0.6 is 11.6 Å². The van der Waals surface area contributed by atoms with Gasteiger partial charge in [-0.1, -0.05) is 35.9 Å². The smallest absolute Gasteiger partial charge is 0.129 e. The third-order valence-electron chi connectivity index (χ3n) is 2.47. The normalized spacial score (nSPS) is 10.1. The molecule has 2 aromatic rings. The molecular formula is C13H13ClN2. The molecule has 0 aliphatic heterocycles. The van der Waals surface area contributed by atoms with E-state index in [9.17, 15) is 0 Å². The number of nitrogens with zero attached hydrogens (tertiary/aromatic N) is 1. The van der Waals surface area contributed by atoms with Crippen molar-refractivity contribution < 1.29 is 0 Å². The Balaban J connectivity index is 2.02. The highest BCUT2D eigenvalue weighted by atomic mass is 35.5. The van der Waals surface area contributed by atoms with E-state index >= 15 is 0 Å². The molecule has 1 aromatic carbocycles. The van der Waals surface area contributed by atoms with Gasteiger partial charge in [-0.25, -0.2) is 4.98 Å². The number of rotatable bonds is 3. The van der Waals surface area contributed by atoms with Gasteiger partial charge in [0.15, 0.2) is 0 Å². The Bertz CT molecular complexity index is 466. The largest absolute Gasteiger partial charge is 0.380 e. The van der Waals surface area contributed by atoms with E-state index in [2.05, 4.69) is 29.4 Å². The van der Waals surface area contributed by atoms with Gasteiger partial charge in [-0.05, 0) is 30.2 Å². The fourth-order valence-electron chi connectivity index (χ4n) is 1.49. The van der Waals surface area contributed by atoms with E-state index in [1.165, 1.54) is 11.1 Å².